The van der Waals surface area contributed by atoms with Crippen LogP contribution in [0.1, 0.15) is 21.7 Å². The number of hydrogen-bond donors (Lipinski definition) is 2. The SMILES string of the molecule is CNC(=O)c1ccc(CN(C)C(=O)NCc2cc3ccccc3o2)cc1. The highest BCUT2D eigenvalue weighted by Gasteiger charge is 2.11. The predicted octanol–water partition coefficient (Wildman–Crippen LogP) is 3.13. The van der Waals surface area contributed by atoms with Crippen molar-refractivity contribution in [1.29, 1.82) is 0 Å². The van der Waals surface area contributed by atoms with Crippen LogP contribution in [0.25, 0.3) is 11.0 Å². The summed E-state index contributed by atoms with van der Waals surface area (Å²) in [4.78, 5) is 25.4. The van der Waals surface area contributed by atoms with Gasteiger partial charge in [-0.25, -0.2) is 4.79 Å². The van der Waals surface area contributed by atoms with Crippen molar-refractivity contribution in [2.24, 2.45) is 0 Å². The Hall–Kier alpha value is -3.28. The van der Waals surface area contributed by atoms with Crippen molar-refractivity contribution in [1.82, 2.24) is 15.5 Å². The number of nitrogens with one attached hydrogen (secondary N) is 2. The smallest absolute Gasteiger partial charge is 0.317 e. The van der Waals surface area contributed by atoms with Crippen LogP contribution in [0.15, 0.2) is 59.0 Å². The van der Waals surface area contributed by atoms with Gasteiger partial charge in [0.05, 0.1) is 6.54 Å². The fourth-order valence-corrected chi connectivity index (χ4v) is 2.67. The normalized spacial score (nSPS) is 10.5. The van der Waals surface area contributed by atoms with Crippen LogP contribution in [0.4, 0.5) is 4.79 Å². The lowest BCUT2D eigenvalue weighted by atomic mass is 10.1. The Morgan fingerprint density at radius 3 is 2.50 bits per heavy atom. The van der Waals surface area contributed by atoms with E-state index in [2.05, 4.69) is 10.6 Å². The molecule has 1 aromatic heterocycles. The summed E-state index contributed by atoms with van der Waals surface area (Å²) in [6.45, 7) is 0.771. The first kappa shape index (κ1) is 17.5. The quantitative estimate of drug-likeness (QED) is 0.742. The maximum absolute atomic E-state index is 12.3. The zero-order chi connectivity index (χ0) is 18.5. The number of carbonyl (C=O) groups is 2. The molecule has 6 nitrogen and oxygen atoms in total. The number of carbonyl (C=O) groups excluding carboxylic acids is 2. The van der Waals surface area contributed by atoms with E-state index >= 15 is 0 Å². The minimum absolute atomic E-state index is 0.131. The maximum Gasteiger partial charge on any atom is 0.317 e. The van der Waals surface area contributed by atoms with Crippen molar-refractivity contribution in [3.63, 3.8) is 0 Å². The second-order valence-electron chi connectivity index (χ2n) is 6.04. The van der Waals surface area contributed by atoms with Crippen LogP contribution in [0.3, 0.4) is 0 Å². The van der Waals surface area contributed by atoms with Crippen molar-refractivity contribution < 1.29 is 14.0 Å². The second-order valence-corrected chi connectivity index (χ2v) is 6.04. The molecule has 134 valence electrons. The van der Waals surface area contributed by atoms with E-state index in [9.17, 15) is 9.59 Å². The van der Waals surface area contributed by atoms with E-state index in [1.54, 1.807) is 31.1 Å². The molecule has 0 spiro atoms. The summed E-state index contributed by atoms with van der Waals surface area (Å²) in [5.41, 5.74) is 2.34. The average molecular weight is 351 g/mol. The van der Waals surface area contributed by atoms with Crippen molar-refractivity contribution in [2.75, 3.05) is 14.1 Å². The summed E-state index contributed by atoms with van der Waals surface area (Å²) in [5, 5.41) is 6.44. The molecule has 3 aromatic rings. The lowest BCUT2D eigenvalue weighted by Crippen LogP contribution is -2.36. The van der Waals surface area contributed by atoms with E-state index in [1.807, 2.05) is 42.5 Å². The number of hydrogen-bond acceptors (Lipinski definition) is 3. The largest absolute Gasteiger partial charge is 0.459 e. The number of fused-ring (bicyclic) bond motifs is 1. The minimum atomic E-state index is -0.194. The third-order valence-corrected chi connectivity index (χ3v) is 4.10. The first-order valence-corrected chi connectivity index (χ1v) is 8.34. The molecule has 0 atom stereocenters. The fourth-order valence-electron chi connectivity index (χ4n) is 2.67. The number of nitrogens with zero attached hydrogens (tertiary/aromatic N) is 1. The van der Waals surface area contributed by atoms with Crippen LogP contribution < -0.4 is 10.6 Å². The zero-order valence-electron chi connectivity index (χ0n) is 14.8. The summed E-state index contributed by atoms with van der Waals surface area (Å²) < 4.78 is 5.69. The van der Waals surface area contributed by atoms with Crippen LogP contribution in [-0.2, 0) is 13.1 Å². The molecule has 2 aromatic carbocycles. The Balaban J connectivity index is 1.55. The van der Waals surface area contributed by atoms with Crippen molar-refractivity contribution in [3.05, 3.63) is 71.5 Å². The summed E-state index contributed by atoms with van der Waals surface area (Å²) in [5.74, 6) is 0.580. The first-order valence-electron chi connectivity index (χ1n) is 8.34. The van der Waals surface area contributed by atoms with Gasteiger partial charge in [-0.1, -0.05) is 30.3 Å². The van der Waals surface area contributed by atoms with E-state index in [0.29, 0.717) is 24.4 Å². The van der Waals surface area contributed by atoms with Crippen LogP contribution in [0.5, 0.6) is 0 Å². The summed E-state index contributed by atoms with van der Waals surface area (Å²) in [7, 11) is 3.32. The van der Waals surface area contributed by atoms with E-state index in [1.165, 1.54) is 0 Å². The van der Waals surface area contributed by atoms with Crippen LogP contribution in [0, 0.1) is 0 Å². The van der Waals surface area contributed by atoms with Crippen molar-refractivity contribution >= 4 is 22.9 Å². The second kappa shape index (κ2) is 7.74. The van der Waals surface area contributed by atoms with E-state index in [0.717, 1.165) is 16.5 Å². The molecule has 0 fully saturated rings. The number of benzene rings is 2. The summed E-state index contributed by atoms with van der Waals surface area (Å²) in [6.07, 6.45) is 0. The summed E-state index contributed by atoms with van der Waals surface area (Å²) in [6, 6.07) is 16.6. The van der Waals surface area contributed by atoms with Gasteiger partial charge >= 0.3 is 6.03 Å². The molecule has 3 amide bonds. The zero-order valence-corrected chi connectivity index (χ0v) is 14.8. The summed E-state index contributed by atoms with van der Waals surface area (Å²) >= 11 is 0. The Labute approximate surface area is 151 Å². The molecule has 2 N–H and O–H groups in total. The molecule has 0 bridgehead atoms. The van der Waals surface area contributed by atoms with Gasteiger partial charge in [0.2, 0.25) is 0 Å². The molecule has 26 heavy (non-hydrogen) atoms. The molecule has 0 saturated heterocycles. The van der Waals surface area contributed by atoms with Gasteiger partial charge in [-0.05, 0) is 29.8 Å². The number of urea groups is 1. The fraction of sp³-hybridized carbons (Fsp3) is 0.200. The lowest BCUT2D eigenvalue weighted by molar-refractivity contribution is 0.0963. The predicted molar refractivity (Wildman–Crippen MR) is 99.7 cm³/mol. The van der Waals surface area contributed by atoms with E-state index in [-0.39, 0.29) is 11.9 Å². The molecular formula is C20H21N3O3. The minimum Gasteiger partial charge on any atom is -0.459 e. The van der Waals surface area contributed by atoms with Gasteiger partial charge < -0.3 is 20.0 Å². The van der Waals surface area contributed by atoms with Crippen LogP contribution >= 0.6 is 0 Å². The number of para-hydroxylation sites is 1. The Morgan fingerprint density at radius 1 is 1.08 bits per heavy atom. The van der Waals surface area contributed by atoms with Crippen LogP contribution in [-0.4, -0.2) is 30.9 Å². The highest BCUT2D eigenvalue weighted by atomic mass is 16.3. The van der Waals surface area contributed by atoms with Gasteiger partial charge in [0.1, 0.15) is 11.3 Å². The van der Waals surface area contributed by atoms with Gasteiger partial charge in [0, 0.05) is 31.6 Å². The molecule has 0 aliphatic heterocycles. The maximum atomic E-state index is 12.3. The molecule has 0 radical (unpaired) electrons. The molecule has 0 aliphatic rings. The van der Waals surface area contributed by atoms with Gasteiger partial charge in [-0.2, -0.15) is 0 Å². The van der Waals surface area contributed by atoms with Crippen molar-refractivity contribution in [3.8, 4) is 0 Å². The van der Waals surface area contributed by atoms with Gasteiger partial charge in [-0.3, -0.25) is 4.79 Å². The van der Waals surface area contributed by atoms with Crippen LogP contribution in [0.2, 0.25) is 0 Å². The number of furan rings is 1. The third-order valence-electron chi connectivity index (χ3n) is 4.10. The Kier molecular flexibility index (Phi) is 5.22. The van der Waals surface area contributed by atoms with Gasteiger partial charge in [0.15, 0.2) is 0 Å². The third kappa shape index (κ3) is 4.03. The van der Waals surface area contributed by atoms with Gasteiger partial charge in [-0.15, -0.1) is 0 Å². The van der Waals surface area contributed by atoms with Gasteiger partial charge in [0.25, 0.3) is 5.91 Å². The van der Waals surface area contributed by atoms with Crippen molar-refractivity contribution in [2.45, 2.75) is 13.1 Å². The standard InChI is InChI=1S/C20H21N3O3/c1-21-19(24)15-9-7-14(8-10-15)13-23(2)20(25)22-12-17-11-16-5-3-4-6-18(16)26-17/h3-11H,12-13H2,1-2H3,(H,21,24)(H,22,25). The Bertz CT molecular complexity index is 882. The molecule has 0 saturated carbocycles. The topological polar surface area (TPSA) is 74.6 Å². The van der Waals surface area contributed by atoms with E-state index < -0.39 is 0 Å². The first-order chi connectivity index (χ1) is 12.6. The molecule has 0 aliphatic carbocycles. The molecule has 1 heterocycles. The number of rotatable bonds is 5. The molecule has 6 heteroatoms. The molecule has 0 unspecified atom stereocenters. The lowest BCUT2D eigenvalue weighted by Gasteiger charge is -2.17. The molecule has 3 rings (SSSR count). The highest BCUT2D eigenvalue weighted by molar-refractivity contribution is 5.93. The average Bonchev–Trinajstić information content (AvgIpc) is 3.09. The highest BCUT2D eigenvalue weighted by Crippen LogP contribution is 2.18. The Morgan fingerprint density at radius 2 is 1.81 bits per heavy atom. The monoisotopic (exact) mass is 351 g/mol. The number of amides is 3. The van der Waals surface area contributed by atoms with E-state index in [4.69, 9.17) is 4.42 Å². The molecular weight excluding hydrogens is 330 g/mol.